The van der Waals surface area contributed by atoms with Crippen molar-refractivity contribution in [2.45, 2.75) is 6.42 Å². The Bertz CT molecular complexity index is 1400. The normalized spacial score (nSPS) is 15.1. The number of para-hydroxylation sites is 1. The topological polar surface area (TPSA) is 84.9 Å². The molecule has 0 aliphatic carbocycles. The van der Waals surface area contributed by atoms with Crippen LogP contribution in [0.25, 0.3) is 10.8 Å². The van der Waals surface area contributed by atoms with E-state index in [2.05, 4.69) is 5.32 Å². The quantitative estimate of drug-likeness (QED) is 0.369. The number of nitrogens with one attached hydrogen (secondary N) is 1. The maximum Gasteiger partial charge on any atom is 0.311 e. The minimum atomic E-state index is -0.631. The standard InChI is InChI=1S/C29H24N2O5/c32-27(30-22-9-2-1-3-10-22)19-35-29(34)21-17-28(33)31(18-21)23-13-15-24(16-14-23)36-26-12-6-8-20-7-4-5-11-25(20)26/h1-16,21H,17-19H2,(H,30,32)/t21-/m1/s1. The van der Waals surface area contributed by atoms with E-state index >= 15 is 0 Å². The lowest BCUT2D eigenvalue weighted by molar-refractivity contribution is -0.151. The average Bonchev–Trinajstić information content (AvgIpc) is 3.30. The van der Waals surface area contributed by atoms with E-state index in [1.54, 1.807) is 53.4 Å². The third-order valence-electron chi connectivity index (χ3n) is 5.99. The summed E-state index contributed by atoms with van der Waals surface area (Å²) in [6.45, 7) is -0.208. The molecule has 1 fully saturated rings. The van der Waals surface area contributed by atoms with Crippen molar-refractivity contribution in [3.8, 4) is 11.5 Å². The van der Waals surface area contributed by atoms with Crippen LogP contribution in [0.5, 0.6) is 11.5 Å². The van der Waals surface area contributed by atoms with Crippen molar-refractivity contribution in [2.24, 2.45) is 5.92 Å². The Morgan fingerprint density at radius 2 is 1.58 bits per heavy atom. The van der Waals surface area contributed by atoms with Gasteiger partial charge in [0, 0.05) is 29.7 Å². The smallest absolute Gasteiger partial charge is 0.311 e. The van der Waals surface area contributed by atoms with Crippen LogP contribution in [0.3, 0.4) is 0 Å². The van der Waals surface area contributed by atoms with Crippen LogP contribution >= 0.6 is 0 Å². The van der Waals surface area contributed by atoms with Gasteiger partial charge in [0.05, 0.1) is 5.92 Å². The highest BCUT2D eigenvalue weighted by Crippen LogP contribution is 2.32. The predicted molar refractivity (Wildman–Crippen MR) is 137 cm³/mol. The summed E-state index contributed by atoms with van der Waals surface area (Å²) in [6, 6.07) is 30.0. The van der Waals surface area contributed by atoms with Gasteiger partial charge in [-0.2, -0.15) is 0 Å². The Labute approximate surface area is 208 Å². The average molecular weight is 481 g/mol. The number of nitrogens with zero attached hydrogens (tertiary/aromatic N) is 1. The van der Waals surface area contributed by atoms with Gasteiger partial charge in [-0.05, 0) is 47.9 Å². The number of benzene rings is 4. The molecule has 0 spiro atoms. The molecule has 0 saturated carbocycles. The third kappa shape index (κ3) is 5.20. The summed E-state index contributed by atoms with van der Waals surface area (Å²) in [5, 5.41) is 4.76. The summed E-state index contributed by atoms with van der Waals surface area (Å²) < 4.78 is 11.2. The molecule has 1 N–H and O–H groups in total. The first-order valence-corrected chi connectivity index (χ1v) is 11.6. The lowest BCUT2D eigenvalue weighted by Gasteiger charge is -2.17. The first-order chi connectivity index (χ1) is 17.6. The number of ether oxygens (including phenoxy) is 2. The van der Waals surface area contributed by atoms with Gasteiger partial charge in [0.25, 0.3) is 5.91 Å². The van der Waals surface area contributed by atoms with E-state index < -0.39 is 24.4 Å². The van der Waals surface area contributed by atoms with Crippen LogP contribution < -0.4 is 15.0 Å². The molecule has 1 saturated heterocycles. The second-order valence-electron chi connectivity index (χ2n) is 8.50. The molecule has 4 aromatic carbocycles. The highest BCUT2D eigenvalue weighted by Gasteiger charge is 2.36. The fraction of sp³-hybridized carbons (Fsp3) is 0.138. The van der Waals surface area contributed by atoms with Crippen LogP contribution in [0, 0.1) is 5.92 Å². The Balaban J connectivity index is 1.17. The molecule has 2 amide bonds. The SMILES string of the molecule is O=C(COC(=O)[C@@H]1CC(=O)N(c2ccc(Oc3cccc4ccccc34)cc2)C1)Nc1ccccc1. The van der Waals surface area contributed by atoms with Gasteiger partial charge in [-0.1, -0.05) is 54.6 Å². The molecule has 0 radical (unpaired) electrons. The number of esters is 1. The molecule has 5 rings (SSSR count). The molecule has 180 valence electrons. The molecule has 1 heterocycles. The first kappa shape index (κ1) is 23.1. The van der Waals surface area contributed by atoms with Crippen LogP contribution in [0.15, 0.2) is 97.1 Å². The molecule has 4 aromatic rings. The number of carbonyl (C=O) groups is 3. The number of amides is 2. The highest BCUT2D eigenvalue weighted by atomic mass is 16.5. The van der Waals surface area contributed by atoms with Crippen LogP contribution in [0.2, 0.25) is 0 Å². The van der Waals surface area contributed by atoms with E-state index in [4.69, 9.17) is 9.47 Å². The summed E-state index contributed by atoms with van der Waals surface area (Å²) in [5.74, 6) is -0.413. The Morgan fingerprint density at radius 3 is 2.39 bits per heavy atom. The number of anilines is 2. The molecule has 0 unspecified atom stereocenters. The summed E-state index contributed by atoms with van der Waals surface area (Å²) in [5.41, 5.74) is 1.29. The fourth-order valence-corrected chi connectivity index (χ4v) is 4.19. The second kappa shape index (κ2) is 10.3. The lowest BCUT2D eigenvalue weighted by atomic mass is 10.1. The van der Waals surface area contributed by atoms with Crippen LogP contribution in [-0.2, 0) is 19.1 Å². The van der Waals surface area contributed by atoms with Gasteiger partial charge < -0.3 is 19.7 Å². The first-order valence-electron chi connectivity index (χ1n) is 11.6. The van der Waals surface area contributed by atoms with E-state index in [1.807, 2.05) is 48.5 Å². The molecule has 7 heteroatoms. The van der Waals surface area contributed by atoms with Gasteiger partial charge in [-0.3, -0.25) is 14.4 Å². The highest BCUT2D eigenvalue weighted by molar-refractivity contribution is 6.00. The maximum atomic E-state index is 12.6. The van der Waals surface area contributed by atoms with E-state index in [9.17, 15) is 14.4 Å². The van der Waals surface area contributed by atoms with Crippen molar-refractivity contribution in [1.29, 1.82) is 0 Å². The summed E-state index contributed by atoms with van der Waals surface area (Å²) >= 11 is 0. The largest absolute Gasteiger partial charge is 0.457 e. The van der Waals surface area contributed by atoms with E-state index in [0.717, 1.165) is 16.5 Å². The zero-order valence-electron chi connectivity index (χ0n) is 19.4. The van der Waals surface area contributed by atoms with Crippen molar-refractivity contribution in [2.75, 3.05) is 23.4 Å². The number of rotatable bonds is 7. The van der Waals surface area contributed by atoms with Crippen molar-refractivity contribution < 1.29 is 23.9 Å². The summed E-state index contributed by atoms with van der Waals surface area (Å²) in [4.78, 5) is 38.7. The monoisotopic (exact) mass is 480 g/mol. The van der Waals surface area contributed by atoms with Crippen molar-refractivity contribution in [3.63, 3.8) is 0 Å². The third-order valence-corrected chi connectivity index (χ3v) is 5.99. The van der Waals surface area contributed by atoms with Gasteiger partial charge >= 0.3 is 5.97 Å². The van der Waals surface area contributed by atoms with Gasteiger partial charge in [-0.15, -0.1) is 0 Å². The summed E-state index contributed by atoms with van der Waals surface area (Å²) in [7, 11) is 0. The van der Waals surface area contributed by atoms with E-state index in [-0.39, 0.29) is 18.9 Å². The maximum absolute atomic E-state index is 12.6. The second-order valence-corrected chi connectivity index (χ2v) is 8.50. The molecular formula is C29H24N2O5. The van der Waals surface area contributed by atoms with Crippen LogP contribution in [0.4, 0.5) is 11.4 Å². The molecule has 36 heavy (non-hydrogen) atoms. The number of fused-ring (bicyclic) bond motifs is 1. The fourth-order valence-electron chi connectivity index (χ4n) is 4.19. The van der Waals surface area contributed by atoms with Crippen molar-refractivity contribution in [1.82, 2.24) is 0 Å². The molecule has 1 aliphatic rings. The number of carbonyl (C=O) groups excluding carboxylic acids is 3. The van der Waals surface area contributed by atoms with Crippen LogP contribution in [0.1, 0.15) is 6.42 Å². The molecule has 1 atom stereocenters. The minimum Gasteiger partial charge on any atom is -0.457 e. The van der Waals surface area contributed by atoms with Crippen molar-refractivity contribution >= 4 is 39.9 Å². The lowest BCUT2D eigenvalue weighted by Crippen LogP contribution is -2.28. The summed E-state index contributed by atoms with van der Waals surface area (Å²) in [6.07, 6.45) is 0.0351. The van der Waals surface area contributed by atoms with Gasteiger partial charge in [0.2, 0.25) is 5.91 Å². The van der Waals surface area contributed by atoms with Crippen molar-refractivity contribution in [3.05, 3.63) is 97.1 Å². The Hall–Kier alpha value is -4.65. The van der Waals surface area contributed by atoms with E-state index in [0.29, 0.717) is 17.1 Å². The minimum absolute atomic E-state index is 0.0351. The Morgan fingerprint density at radius 1 is 0.861 bits per heavy atom. The zero-order valence-corrected chi connectivity index (χ0v) is 19.4. The molecule has 7 nitrogen and oxygen atoms in total. The number of hydrogen-bond donors (Lipinski definition) is 1. The molecular weight excluding hydrogens is 456 g/mol. The van der Waals surface area contributed by atoms with Crippen LogP contribution in [-0.4, -0.2) is 30.9 Å². The van der Waals surface area contributed by atoms with E-state index in [1.165, 1.54) is 0 Å². The molecule has 1 aliphatic heterocycles. The number of hydrogen-bond acceptors (Lipinski definition) is 5. The van der Waals surface area contributed by atoms with Gasteiger partial charge in [0.1, 0.15) is 11.5 Å². The predicted octanol–water partition coefficient (Wildman–Crippen LogP) is 5.17. The molecule has 0 bridgehead atoms. The Kier molecular flexibility index (Phi) is 6.62. The van der Waals surface area contributed by atoms with Gasteiger partial charge in [-0.25, -0.2) is 0 Å². The zero-order chi connectivity index (χ0) is 24.9. The van der Waals surface area contributed by atoms with Gasteiger partial charge in [0.15, 0.2) is 6.61 Å². The molecule has 0 aromatic heterocycles.